The molecule has 0 aromatic carbocycles. The normalized spacial score (nSPS) is 10.9. The minimum atomic E-state index is 0.194. The second kappa shape index (κ2) is 3.53. The van der Waals surface area contributed by atoms with Gasteiger partial charge < -0.3 is 5.11 Å². The average molecular weight is 154 g/mol. The van der Waals surface area contributed by atoms with E-state index in [2.05, 4.69) is 24.0 Å². The van der Waals surface area contributed by atoms with Gasteiger partial charge in [0.25, 0.3) is 0 Å². The molecular weight excluding hydrogens is 140 g/mol. The van der Waals surface area contributed by atoms with Crippen molar-refractivity contribution in [3.8, 4) is 0 Å². The summed E-state index contributed by atoms with van der Waals surface area (Å²) in [5.74, 6) is 0.457. The van der Waals surface area contributed by atoms with Crippen LogP contribution in [0.2, 0.25) is 0 Å². The maximum absolute atomic E-state index is 8.70. The lowest BCUT2D eigenvalue weighted by atomic mass is 10.0. The molecule has 1 aromatic heterocycles. The summed E-state index contributed by atoms with van der Waals surface area (Å²) in [5, 5.41) is 15.6. The summed E-state index contributed by atoms with van der Waals surface area (Å²) in [6.07, 6.45) is 2.48. The summed E-state index contributed by atoms with van der Waals surface area (Å²) in [6.45, 7) is 4.40. The summed E-state index contributed by atoms with van der Waals surface area (Å²) in [4.78, 5) is 0. The molecule has 0 aliphatic heterocycles. The maximum Gasteiger partial charge on any atom is 0.0523 e. The van der Waals surface area contributed by atoms with Gasteiger partial charge in [-0.3, -0.25) is 5.10 Å². The molecule has 0 bridgehead atoms. The van der Waals surface area contributed by atoms with Crippen LogP contribution in [0.25, 0.3) is 0 Å². The van der Waals surface area contributed by atoms with Gasteiger partial charge in [0, 0.05) is 12.3 Å². The molecule has 1 aromatic rings. The first-order valence-corrected chi connectivity index (χ1v) is 3.88. The van der Waals surface area contributed by atoms with Crippen LogP contribution in [0.1, 0.15) is 31.0 Å². The van der Waals surface area contributed by atoms with E-state index in [1.54, 1.807) is 6.20 Å². The molecule has 3 nitrogen and oxygen atoms in total. The number of aliphatic hydroxyl groups is 1. The van der Waals surface area contributed by atoms with E-state index in [-0.39, 0.29) is 6.61 Å². The predicted molar refractivity (Wildman–Crippen MR) is 43.5 cm³/mol. The van der Waals surface area contributed by atoms with Crippen molar-refractivity contribution in [1.29, 1.82) is 0 Å². The van der Waals surface area contributed by atoms with Crippen molar-refractivity contribution in [3.05, 3.63) is 17.5 Å². The molecule has 0 fully saturated rings. The number of rotatable bonds is 3. The number of nitrogens with zero attached hydrogens (tertiary/aromatic N) is 1. The summed E-state index contributed by atoms with van der Waals surface area (Å²) >= 11 is 0. The van der Waals surface area contributed by atoms with Crippen LogP contribution in [0.5, 0.6) is 0 Å². The fraction of sp³-hybridized carbons (Fsp3) is 0.625. The van der Waals surface area contributed by atoms with E-state index < -0.39 is 0 Å². The second-order valence-corrected chi connectivity index (χ2v) is 2.94. The van der Waals surface area contributed by atoms with E-state index in [4.69, 9.17) is 5.11 Å². The highest BCUT2D eigenvalue weighted by Gasteiger charge is 2.07. The van der Waals surface area contributed by atoms with Crippen molar-refractivity contribution >= 4 is 0 Å². The predicted octanol–water partition coefficient (Wildman–Crippen LogP) is 1.07. The number of aromatic amines is 1. The minimum Gasteiger partial charge on any atom is -0.396 e. The van der Waals surface area contributed by atoms with E-state index in [1.165, 1.54) is 0 Å². The molecule has 11 heavy (non-hydrogen) atoms. The lowest BCUT2D eigenvalue weighted by Crippen LogP contribution is -1.96. The Kier molecular flexibility index (Phi) is 2.65. The van der Waals surface area contributed by atoms with Gasteiger partial charge in [-0.2, -0.15) is 5.10 Å². The number of aliphatic hydroxyl groups excluding tert-OH is 1. The largest absolute Gasteiger partial charge is 0.396 e. The van der Waals surface area contributed by atoms with Crippen molar-refractivity contribution < 1.29 is 5.11 Å². The molecule has 3 heteroatoms. The third-order valence-electron chi connectivity index (χ3n) is 1.71. The van der Waals surface area contributed by atoms with Gasteiger partial charge in [-0.05, 0) is 17.9 Å². The lowest BCUT2D eigenvalue weighted by molar-refractivity contribution is 0.299. The average Bonchev–Trinajstić information content (AvgIpc) is 2.36. The SMILES string of the molecule is CC(C)c1[nH]ncc1CCO. The lowest BCUT2D eigenvalue weighted by Gasteiger charge is -2.03. The fourth-order valence-electron chi connectivity index (χ4n) is 1.14. The first-order chi connectivity index (χ1) is 5.25. The van der Waals surface area contributed by atoms with Crippen LogP contribution >= 0.6 is 0 Å². The Morgan fingerprint density at radius 3 is 2.91 bits per heavy atom. The van der Waals surface area contributed by atoms with Crippen molar-refractivity contribution in [2.75, 3.05) is 6.61 Å². The van der Waals surface area contributed by atoms with Gasteiger partial charge in [0.15, 0.2) is 0 Å². The van der Waals surface area contributed by atoms with Gasteiger partial charge in [-0.15, -0.1) is 0 Å². The van der Waals surface area contributed by atoms with E-state index in [0.717, 1.165) is 11.3 Å². The van der Waals surface area contributed by atoms with Crippen molar-refractivity contribution in [1.82, 2.24) is 10.2 Å². The van der Waals surface area contributed by atoms with Gasteiger partial charge in [-0.1, -0.05) is 13.8 Å². The highest BCUT2D eigenvalue weighted by molar-refractivity contribution is 5.19. The molecular formula is C8H14N2O. The molecule has 0 spiro atoms. The molecule has 0 radical (unpaired) electrons. The molecule has 1 rings (SSSR count). The number of nitrogens with one attached hydrogen (secondary N) is 1. The third-order valence-corrected chi connectivity index (χ3v) is 1.71. The minimum absolute atomic E-state index is 0.194. The monoisotopic (exact) mass is 154 g/mol. The summed E-state index contributed by atoms with van der Waals surface area (Å²) < 4.78 is 0. The van der Waals surface area contributed by atoms with Crippen molar-refractivity contribution in [2.24, 2.45) is 0 Å². The van der Waals surface area contributed by atoms with Gasteiger partial charge in [0.2, 0.25) is 0 Å². The summed E-state index contributed by atoms with van der Waals surface area (Å²) in [6, 6.07) is 0. The fourth-order valence-corrected chi connectivity index (χ4v) is 1.14. The number of hydrogen-bond donors (Lipinski definition) is 2. The Balaban J connectivity index is 2.78. The Morgan fingerprint density at radius 2 is 2.36 bits per heavy atom. The van der Waals surface area contributed by atoms with Gasteiger partial charge >= 0.3 is 0 Å². The van der Waals surface area contributed by atoms with Crippen LogP contribution < -0.4 is 0 Å². The molecule has 62 valence electrons. The molecule has 2 N–H and O–H groups in total. The highest BCUT2D eigenvalue weighted by atomic mass is 16.2. The quantitative estimate of drug-likeness (QED) is 0.684. The Morgan fingerprint density at radius 1 is 1.64 bits per heavy atom. The Labute approximate surface area is 66.4 Å². The molecule has 0 unspecified atom stereocenters. The van der Waals surface area contributed by atoms with E-state index in [9.17, 15) is 0 Å². The van der Waals surface area contributed by atoms with Gasteiger partial charge in [0.1, 0.15) is 0 Å². The zero-order chi connectivity index (χ0) is 8.27. The zero-order valence-electron chi connectivity index (χ0n) is 6.96. The zero-order valence-corrected chi connectivity index (χ0v) is 6.96. The van der Waals surface area contributed by atoms with Crippen molar-refractivity contribution in [3.63, 3.8) is 0 Å². The van der Waals surface area contributed by atoms with Gasteiger partial charge in [-0.25, -0.2) is 0 Å². The Hall–Kier alpha value is -0.830. The second-order valence-electron chi connectivity index (χ2n) is 2.94. The molecule has 0 saturated heterocycles. The third kappa shape index (κ3) is 1.80. The summed E-state index contributed by atoms with van der Waals surface area (Å²) in [7, 11) is 0. The molecule has 0 amide bonds. The first-order valence-electron chi connectivity index (χ1n) is 3.88. The smallest absolute Gasteiger partial charge is 0.0523 e. The van der Waals surface area contributed by atoms with Crippen LogP contribution in [0.4, 0.5) is 0 Å². The first kappa shape index (κ1) is 8.27. The van der Waals surface area contributed by atoms with Crippen LogP contribution in [-0.4, -0.2) is 21.9 Å². The van der Waals surface area contributed by atoms with E-state index in [1.807, 2.05) is 0 Å². The van der Waals surface area contributed by atoms with Crippen LogP contribution in [0.15, 0.2) is 6.20 Å². The van der Waals surface area contributed by atoms with Gasteiger partial charge in [0.05, 0.1) is 6.20 Å². The number of hydrogen-bond acceptors (Lipinski definition) is 2. The summed E-state index contributed by atoms with van der Waals surface area (Å²) in [5.41, 5.74) is 2.27. The number of H-pyrrole nitrogens is 1. The standard InChI is InChI=1S/C8H14N2O/c1-6(2)8-7(3-4-11)5-9-10-8/h5-6,11H,3-4H2,1-2H3,(H,9,10). The topological polar surface area (TPSA) is 48.9 Å². The van der Waals surface area contributed by atoms with Crippen LogP contribution in [0.3, 0.4) is 0 Å². The maximum atomic E-state index is 8.70. The highest BCUT2D eigenvalue weighted by Crippen LogP contribution is 2.15. The molecule has 0 atom stereocenters. The Bertz CT molecular complexity index is 218. The van der Waals surface area contributed by atoms with Crippen LogP contribution in [-0.2, 0) is 6.42 Å². The molecule has 0 aliphatic carbocycles. The number of aromatic nitrogens is 2. The van der Waals surface area contributed by atoms with Crippen LogP contribution in [0, 0.1) is 0 Å². The molecule has 1 heterocycles. The van der Waals surface area contributed by atoms with E-state index >= 15 is 0 Å². The molecule has 0 saturated carbocycles. The van der Waals surface area contributed by atoms with E-state index in [0.29, 0.717) is 12.3 Å². The van der Waals surface area contributed by atoms with Crippen molar-refractivity contribution in [2.45, 2.75) is 26.2 Å². The molecule has 0 aliphatic rings.